The van der Waals surface area contributed by atoms with Crippen molar-refractivity contribution in [1.82, 2.24) is 5.32 Å². The third kappa shape index (κ3) is 7.82. The van der Waals surface area contributed by atoms with Crippen molar-refractivity contribution in [3.63, 3.8) is 0 Å². The van der Waals surface area contributed by atoms with Gasteiger partial charge >= 0.3 is 0 Å². The maximum atomic E-state index is 5.45. The Hall–Kier alpha value is -0.0800. The monoisotopic (exact) mass is 158 g/mol. The predicted octanol–water partition coefficient (Wildman–Crippen LogP) is 1.36. The molecule has 3 N–H and O–H groups in total. The summed E-state index contributed by atoms with van der Waals surface area (Å²) in [6.07, 6.45) is 2.58. The van der Waals surface area contributed by atoms with Crippen molar-refractivity contribution in [3.8, 4) is 0 Å². The molecule has 0 aromatic rings. The highest BCUT2D eigenvalue weighted by Crippen LogP contribution is 2.01. The van der Waals surface area contributed by atoms with Gasteiger partial charge in [0, 0.05) is 12.6 Å². The maximum Gasteiger partial charge on any atom is 0.0161 e. The first-order chi connectivity index (χ1) is 5.16. The fourth-order valence-electron chi connectivity index (χ4n) is 0.942. The van der Waals surface area contributed by atoms with Gasteiger partial charge in [0.25, 0.3) is 0 Å². The van der Waals surface area contributed by atoms with E-state index in [9.17, 15) is 0 Å². The topological polar surface area (TPSA) is 38.0 Å². The Labute approximate surface area is 70.5 Å². The highest BCUT2D eigenvalue weighted by molar-refractivity contribution is 4.60. The zero-order valence-corrected chi connectivity index (χ0v) is 8.06. The third-order valence-corrected chi connectivity index (χ3v) is 1.80. The smallest absolute Gasteiger partial charge is 0.0161 e. The van der Waals surface area contributed by atoms with Crippen molar-refractivity contribution in [2.45, 2.75) is 39.7 Å². The summed E-state index contributed by atoms with van der Waals surface area (Å²) in [5, 5.41) is 3.36. The zero-order valence-electron chi connectivity index (χ0n) is 8.06. The molecule has 0 spiro atoms. The molecular formula is C9H22N2. The molecule has 2 nitrogen and oxygen atoms in total. The molecule has 68 valence electrons. The fourth-order valence-corrected chi connectivity index (χ4v) is 0.942. The molecule has 0 saturated carbocycles. The second kappa shape index (κ2) is 6.62. The van der Waals surface area contributed by atoms with Crippen LogP contribution in [0.15, 0.2) is 0 Å². The first kappa shape index (κ1) is 10.9. The highest BCUT2D eigenvalue weighted by Gasteiger charge is 1.97. The van der Waals surface area contributed by atoms with Crippen molar-refractivity contribution in [2.75, 3.05) is 13.1 Å². The minimum Gasteiger partial charge on any atom is -0.329 e. The van der Waals surface area contributed by atoms with Gasteiger partial charge in [0.2, 0.25) is 0 Å². The molecule has 2 heteroatoms. The molecule has 0 fully saturated rings. The molecule has 1 atom stereocenters. The average molecular weight is 158 g/mol. The summed E-state index contributed by atoms with van der Waals surface area (Å²) < 4.78 is 0. The Morgan fingerprint density at radius 1 is 1.27 bits per heavy atom. The van der Waals surface area contributed by atoms with Gasteiger partial charge < -0.3 is 11.1 Å². The highest BCUT2D eigenvalue weighted by atomic mass is 14.9. The summed E-state index contributed by atoms with van der Waals surface area (Å²) in [7, 11) is 0. The number of hydrogen-bond donors (Lipinski definition) is 2. The normalized spacial score (nSPS) is 13.9. The lowest BCUT2D eigenvalue weighted by Gasteiger charge is -2.11. The van der Waals surface area contributed by atoms with Gasteiger partial charge in [0.05, 0.1) is 0 Å². The van der Waals surface area contributed by atoms with Crippen molar-refractivity contribution in [3.05, 3.63) is 0 Å². The Morgan fingerprint density at radius 2 is 1.91 bits per heavy atom. The lowest BCUT2D eigenvalue weighted by molar-refractivity contribution is 0.492. The first-order valence-corrected chi connectivity index (χ1v) is 4.60. The lowest BCUT2D eigenvalue weighted by atomic mass is 10.1. The number of nitrogens with two attached hydrogens (primary N) is 1. The van der Waals surface area contributed by atoms with Gasteiger partial charge in [0.15, 0.2) is 0 Å². The van der Waals surface area contributed by atoms with Gasteiger partial charge in [-0.15, -0.1) is 0 Å². The van der Waals surface area contributed by atoms with Crippen LogP contribution in [0.25, 0.3) is 0 Å². The van der Waals surface area contributed by atoms with Crippen LogP contribution in [0.1, 0.15) is 33.6 Å². The molecule has 0 radical (unpaired) electrons. The van der Waals surface area contributed by atoms with Crippen LogP contribution in [0.2, 0.25) is 0 Å². The average Bonchev–Trinajstić information content (AvgIpc) is 1.97. The van der Waals surface area contributed by atoms with Crippen molar-refractivity contribution >= 4 is 0 Å². The number of nitrogens with one attached hydrogen (secondary N) is 1. The Bertz CT molecular complexity index is 81.6. The van der Waals surface area contributed by atoms with Gasteiger partial charge in [-0.3, -0.25) is 0 Å². The van der Waals surface area contributed by atoms with Crippen LogP contribution in [-0.4, -0.2) is 19.1 Å². The molecule has 0 saturated heterocycles. The number of hydrogen-bond acceptors (Lipinski definition) is 2. The minimum atomic E-state index is 0.474. The molecule has 0 aliphatic rings. The minimum absolute atomic E-state index is 0.474. The van der Waals surface area contributed by atoms with Gasteiger partial charge in [0.1, 0.15) is 0 Å². The first-order valence-electron chi connectivity index (χ1n) is 4.60. The molecule has 0 aliphatic carbocycles. The van der Waals surface area contributed by atoms with E-state index in [1.165, 1.54) is 12.8 Å². The van der Waals surface area contributed by atoms with Gasteiger partial charge in [-0.05, 0) is 32.2 Å². The lowest BCUT2D eigenvalue weighted by Crippen LogP contribution is -2.33. The van der Waals surface area contributed by atoms with Crippen LogP contribution in [0, 0.1) is 5.92 Å². The molecule has 0 aromatic heterocycles. The van der Waals surface area contributed by atoms with E-state index in [1.54, 1.807) is 0 Å². The van der Waals surface area contributed by atoms with Crippen LogP contribution < -0.4 is 11.1 Å². The summed E-state index contributed by atoms with van der Waals surface area (Å²) in [5.74, 6) is 0.824. The van der Waals surface area contributed by atoms with E-state index in [1.807, 2.05) is 0 Å². The zero-order chi connectivity index (χ0) is 8.69. The van der Waals surface area contributed by atoms with Crippen LogP contribution in [0.5, 0.6) is 0 Å². The van der Waals surface area contributed by atoms with Gasteiger partial charge in [-0.25, -0.2) is 0 Å². The standard InChI is InChI=1S/C9H22N2/c1-8(2)5-4-6-11-9(3)7-10/h8-9,11H,4-7,10H2,1-3H3/t9-/m0/s1. The Morgan fingerprint density at radius 3 is 2.36 bits per heavy atom. The summed E-state index contributed by atoms with van der Waals surface area (Å²) in [6.45, 7) is 8.48. The van der Waals surface area contributed by atoms with Crippen LogP contribution in [0.3, 0.4) is 0 Å². The second-order valence-electron chi connectivity index (χ2n) is 3.63. The Kier molecular flexibility index (Phi) is 6.57. The van der Waals surface area contributed by atoms with Crippen LogP contribution in [0.4, 0.5) is 0 Å². The molecule has 0 aromatic carbocycles. The number of rotatable bonds is 6. The molecule has 0 unspecified atom stereocenters. The van der Waals surface area contributed by atoms with E-state index in [0.717, 1.165) is 19.0 Å². The van der Waals surface area contributed by atoms with Crippen molar-refractivity contribution < 1.29 is 0 Å². The second-order valence-corrected chi connectivity index (χ2v) is 3.63. The maximum absolute atomic E-state index is 5.45. The third-order valence-electron chi connectivity index (χ3n) is 1.80. The fraction of sp³-hybridized carbons (Fsp3) is 1.00. The molecule has 0 bridgehead atoms. The summed E-state index contributed by atoms with van der Waals surface area (Å²) in [4.78, 5) is 0. The van der Waals surface area contributed by atoms with Crippen LogP contribution >= 0.6 is 0 Å². The summed E-state index contributed by atoms with van der Waals surface area (Å²) in [6, 6.07) is 0.474. The quantitative estimate of drug-likeness (QED) is 0.573. The molecule has 0 aliphatic heterocycles. The predicted molar refractivity (Wildman–Crippen MR) is 50.6 cm³/mol. The Balaban J connectivity index is 3.01. The van der Waals surface area contributed by atoms with Crippen molar-refractivity contribution in [2.24, 2.45) is 11.7 Å². The summed E-state index contributed by atoms with van der Waals surface area (Å²) >= 11 is 0. The van der Waals surface area contributed by atoms with E-state index in [4.69, 9.17) is 5.73 Å². The van der Waals surface area contributed by atoms with E-state index in [2.05, 4.69) is 26.1 Å². The molecule has 0 amide bonds. The molecule has 0 heterocycles. The molecule has 11 heavy (non-hydrogen) atoms. The molecular weight excluding hydrogens is 136 g/mol. The van der Waals surface area contributed by atoms with Gasteiger partial charge in [-0.1, -0.05) is 13.8 Å². The van der Waals surface area contributed by atoms with Crippen LogP contribution in [-0.2, 0) is 0 Å². The molecule has 0 rings (SSSR count). The van der Waals surface area contributed by atoms with E-state index in [-0.39, 0.29) is 0 Å². The summed E-state index contributed by atoms with van der Waals surface area (Å²) in [5.41, 5.74) is 5.45. The van der Waals surface area contributed by atoms with Crippen molar-refractivity contribution in [1.29, 1.82) is 0 Å². The van der Waals surface area contributed by atoms with Gasteiger partial charge in [-0.2, -0.15) is 0 Å². The SMILES string of the molecule is CC(C)CCCN[C@@H](C)CN. The van der Waals surface area contributed by atoms with E-state index in [0.29, 0.717) is 6.04 Å². The largest absolute Gasteiger partial charge is 0.329 e. The van der Waals surface area contributed by atoms with E-state index < -0.39 is 0 Å². The van der Waals surface area contributed by atoms with E-state index >= 15 is 0 Å².